The Balaban J connectivity index is 2.39. The predicted molar refractivity (Wildman–Crippen MR) is 77.7 cm³/mol. The van der Waals surface area contributed by atoms with E-state index in [2.05, 4.69) is 0 Å². The van der Waals surface area contributed by atoms with Crippen molar-refractivity contribution >= 4 is 0 Å². The zero-order valence-electron chi connectivity index (χ0n) is 12.5. The van der Waals surface area contributed by atoms with Gasteiger partial charge in [-0.1, -0.05) is 19.3 Å². The highest BCUT2D eigenvalue weighted by molar-refractivity contribution is 5.46. The molecule has 2 rings (SSSR count). The molecule has 0 unspecified atom stereocenters. The van der Waals surface area contributed by atoms with Crippen molar-refractivity contribution in [3.8, 4) is 11.5 Å². The highest BCUT2D eigenvalue weighted by Crippen LogP contribution is 2.40. The topological polar surface area (TPSA) is 44.5 Å². The summed E-state index contributed by atoms with van der Waals surface area (Å²) >= 11 is 0. The van der Waals surface area contributed by atoms with Crippen LogP contribution in [0.4, 0.5) is 4.39 Å². The minimum absolute atomic E-state index is 0.0318. The number of methoxy groups -OCH3 is 1. The van der Waals surface area contributed by atoms with Gasteiger partial charge in [-0.2, -0.15) is 0 Å². The predicted octanol–water partition coefficient (Wildman–Crippen LogP) is 3.74. The SMILES string of the molecule is COc1cc(C2(N)CCCCC2)c(F)cc1OC(C)C. The lowest BCUT2D eigenvalue weighted by Gasteiger charge is -2.34. The van der Waals surface area contributed by atoms with Crippen LogP contribution in [0.5, 0.6) is 11.5 Å². The third-order valence-corrected chi connectivity index (χ3v) is 3.90. The molecule has 0 bridgehead atoms. The molecular weight excluding hydrogens is 257 g/mol. The van der Waals surface area contributed by atoms with E-state index in [1.807, 2.05) is 13.8 Å². The molecule has 1 aromatic carbocycles. The fraction of sp³-hybridized carbons (Fsp3) is 0.625. The number of rotatable bonds is 4. The van der Waals surface area contributed by atoms with Crippen molar-refractivity contribution in [1.82, 2.24) is 0 Å². The Hall–Kier alpha value is -1.29. The Morgan fingerprint density at radius 3 is 2.35 bits per heavy atom. The van der Waals surface area contributed by atoms with Gasteiger partial charge in [-0.3, -0.25) is 0 Å². The Kier molecular flexibility index (Phi) is 4.53. The van der Waals surface area contributed by atoms with Gasteiger partial charge in [0.15, 0.2) is 11.5 Å². The Morgan fingerprint density at radius 2 is 1.80 bits per heavy atom. The summed E-state index contributed by atoms with van der Waals surface area (Å²) in [5.74, 6) is 0.680. The molecule has 1 saturated carbocycles. The summed E-state index contributed by atoms with van der Waals surface area (Å²) < 4.78 is 25.3. The van der Waals surface area contributed by atoms with Crippen LogP contribution in [-0.4, -0.2) is 13.2 Å². The molecule has 1 fully saturated rings. The van der Waals surface area contributed by atoms with Gasteiger partial charge >= 0.3 is 0 Å². The van der Waals surface area contributed by atoms with Crippen LogP contribution < -0.4 is 15.2 Å². The van der Waals surface area contributed by atoms with E-state index in [9.17, 15) is 4.39 Å². The van der Waals surface area contributed by atoms with Gasteiger partial charge in [0.25, 0.3) is 0 Å². The van der Waals surface area contributed by atoms with Gasteiger partial charge in [0.1, 0.15) is 5.82 Å². The minimum Gasteiger partial charge on any atom is -0.493 e. The second-order valence-corrected chi connectivity index (χ2v) is 5.87. The summed E-state index contributed by atoms with van der Waals surface area (Å²) in [7, 11) is 1.56. The minimum atomic E-state index is -0.577. The van der Waals surface area contributed by atoms with E-state index in [4.69, 9.17) is 15.2 Å². The maximum absolute atomic E-state index is 14.4. The molecule has 0 radical (unpaired) electrons. The van der Waals surface area contributed by atoms with E-state index in [-0.39, 0.29) is 11.9 Å². The van der Waals surface area contributed by atoms with Crippen LogP contribution in [0.25, 0.3) is 0 Å². The van der Waals surface area contributed by atoms with Crippen molar-refractivity contribution in [2.24, 2.45) is 5.73 Å². The van der Waals surface area contributed by atoms with Crippen molar-refractivity contribution in [3.63, 3.8) is 0 Å². The quantitative estimate of drug-likeness (QED) is 0.914. The molecule has 3 nitrogen and oxygen atoms in total. The molecular formula is C16H24FNO2. The normalized spacial score (nSPS) is 18.1. The molecule has 2 N–H and O–H groups in total. The molecule has 0 heterocycles. The lowest BCUT2D eigenvalue weighted by Crippen LogP contribution is -2.39. The van der Waals surface area contributed by atoms with Crippen molar-refractivity contribution in [3.05, 3.63) is 23.5 Å². The van der Waals surface area contributed by atoms with Crippen LogP contribution in [0, 0.1) is 5.82 Å². The zero-order chi connectivity index (χ0) is 14.8. The first kappa shape index (κ1) is 15.1. The van der Waals surface area contributed by atoms with E-state index < -0.39 is 5.54 Å². The van der Waals surface area contributed by atoms with Gasteiger partial charge < -0.3 is 15.2 Å². The Labute approximate surface area is 120 Å². The molecule has 1 aliphatic carbocycles. The van der Waals surface area contributed by atoms with Gasteiger partial charge in [-0.25, -0.2) is 4.39 Å². The summed E-state index contributed by atoms with van der Waals surface area (Å²) in [4.78, 5) is 0. The molecule has 20 heavy (non-hydrogen) atoms. The van der Waals surface area contributed by atoms with Gasteiger partial charge in [0.2, 0.25) is 0 Å². The molecule has 112 valence electrons. The largest absolute Gasteiger partial charge is 0.493 e. The second-order valence-electron chi connectivity index (χ2n) is 5.87. The molecule has 0 atom stereocenters. The second kappa shape index (κ2) is 6.00. The summed E-state index contributed by atoms with van der Waals surface area (Å²) in [5.41, 5.74) is 6.39. The molecule has 4 heteroatoms. The van der Waals surface area contributed by atoms with Crippen LogP contribution in [0.3, 0.4) is 0 Å². The van der Waals surface area contributed by atoms with Gasteiger partial charge in [0.05, 0.1) is 13.2 Å². The van der Waals surface area contributed by atoms with E-state index >= 15 is 0 Å². The van der Waals surface area contributed by atoms with Crippen molar-refractivity contribution in [2.45, 2.75) is 57.6 Å². The fourth-order valence-electron chi connectivity index (χ4n) is 2.87. The van der Waals surface area contributed by atoms with Crippen LogP contribution in [0.1, 0.15) is 51.5 Å². The van der Waals surface area contributed by atoms with Gasteiger partial charge in [0, 0.05) is 17.2 Å². The molecule has 0 aliphatic heterocycles. The maximum atomic E-state index is 14.4. The van der Waals surface area contributed by atoms with E-state index in [0.29, 0.717) is 17.1 Å². The summed E-state index contributed by atoms with van der Waals surface area (Å²) in [5, 5.41) is 0. The first-order valence-corrected chi connectivity index (χ1v) is 7.30. The summed E-state index contributed by atoms with van der Waals surface area (Å²) in [6.45, 7) is 3.80. The summed E-state index contributed by atoms with van der Waals surface area (Å²) in [6, 6.07) is 3.11. The highest BCUT2D eigenvalue weighted by Gasteiger charge is 2.33. The zero-order valence-corrected chi connectivity index (χ0v) is 12.5. The molecule has 0 amide bonds. The van der Waals surface area contributed by atoms with Gasteiger partial charge in [-0.15, -0.1) is 0 Å². The van der Waals surface area contributed by atoms with Crippen LogP contribution >= 0.6 is 0 Å². The lowest BCUT2D eigenvalue weighted by molar-refractivity contribution is 0.227. The number of ether oxygens (including phenoxy) is 2. The number of halogens is 1. The third kappa shape index (κ3) is 3.06. The Morgan fingerprint density at radius 1 is 1.15 bits per heavy atom. The number of benzene rings is 1. The van der Waals surface area contributed by atoms with E-state index in [1.165, 1.54) is 12.5 Å². The average molecular weight is 281 g/mol. The molecule has 0 saturated heterocycles. The fourth-order valence-corrected chi connectivity index (χ4v) is 2.87. The smallest absolute Gasteiger partial charge is 0.164 e. The molecule has 1 aliphatic rings. The van der Waals surface area contributed by atoms with E-state index in [0.717, 1.165) is 25.7 Å². The first-order valence-electron chi connectivity index (χ1n) is 7.30. The van der Waals surface area contributed by atoms with Crippen molar-refractivity contribution in [1.29, 1.82) is 0 Å². The van der Waals surface area contributed by atoms with Crippen LogP contribution in [-0.2, 0) is 5.54 Å². The number of hydrogen-bond donors (Lipinski definition) is 1. The highest BCUT2D eigenvalue weighted by atomic mass is 19.1. The summed E-state index contributed by atoms with van der Waals surface area (Å²) in [6.07, 6.45) is 4.86. The maximum Gasteiger partial charge on any atom is 0.164 e. The van der Waals surface area contributed by atoms with Crippen molar-refractivity contribution < 1.29 is 13.9 Å². The Bertz CT molecular complexity index is 468. The van der Waals surface area contributed by atoms with Crippen LogP contribution in [0.2, 0.25) is 0 Å². The number of nitrogens with two attached hydrogens (primary N) is 1. The number of hydrogen-bond acceptors (Lipinski definition) is 3. The average Bonchev–Trinajstić information content (AvgIpc) is 2.39. The van der Waals surface area contributed by atoms with Gasteiger partial charge in [-0.05, 0) is 32.8 Å². The first-order chi connectivity index (χ1) is 9.46. The molecule has 1 aromatic rings. The standard InChI is InChI=1S/C16H24FNO2/c1-11(2)20-15-10-13(17)12(9-14(15)19-3)16(18)7-5-4-6-8-16/h9-11H,4-8,18H2,1-3H3. The third-order valence-electron chi connectivity index (χ3n) is 3.90. The lowest BCUT2D eigenvalue weighted by atomic mass is 9.77. The molecule has 0 aromatic heterocycles. The molecule has 0 spiro atoms. The van der Waals surface area contributed by atoms with Crippen molar-refractivity contribution in [2.75, 3.05) is 7.11 Å². The van der Waals surface area contributed by atoms with Crippen LogP contribution in [0.15, 0.2) is 12.1 Å². The van der Waals surface area contributed by atoms with E-state index in [1.54, 1.807) is 13.2 Å². The monoisotopic (exact) mass is 281 g/mol.